The summed E-state index contributed by atoms with van der Waals surface area (Å²) in [5.74, 6) is 0.0463. The maximum Gasteiger partial charge on any atom is 0.411 e. The van der Waals surface area contributed by atoms with Gasteiger partial charge in [0.05, 0.1) is 6.61 Å². The van der Waals surface area contributed by atoms with E-state index in [9.17, 15) is 14.7 Å². The summed E-state index contributed by atoms with van der Waals surface area (Å²) in [6.07, 6.45) is 1.52. The second kappa shape index (κ2) is 6.58. The highest BCUT2D eigenvalue weighted by Gasteiger charge is 2.41. The van der Waals surface area contributed by atoms with Crippen LogP contribution >= 0.6 is 0 Å². The van der Waals surface area contributed by atoms with E-state index in [1.807, 2.05) is 12.1 Å². The number of hydrogen-bond acceptors (Lipinski definition) is 4. The van der Waals surface area contributed by atoms with Crippen LogP contribution in [-0.4, -0.2) is 46.9 Å². The molecule has 0 spiro atoms. The van der Waals surface area contributed by atoms with Crippen LogP contribution in [0.4, 0.5) is 4.79 Å². The van der Waals surface area contributed by atoms with Gasteiger partial charge in [-0.15, -0.1) is 0 Å². The largest absolute Gasteiger partial charge is 0.493 e. The van der Waals surface area contributed by atoms with E-state index in [-0.39, 0.29) is 5.92 Å². The van der Waals surface area contributed by atoms with Gasteiger partial charge < -0.3 is 14.6 Å². The first-order valence-corrected chi connectivity index (χ1v) is 8.70. The van der Waals surface area contributed by atoms with Crippen LogP contribution in [0, 0.1) is 5.92 Å². The smallest absolute Gasteiger partial charge is 0.411 e. The number of likely N-dealkylation sites (tertiary alicyclic amines) is 1. The molecule has 6 nitrogen and oxygen atoms in total. The monoisotopic (exact) mass is 347 g/mol. The van der Waals surface area contributed by atoms with Crippen molar-refractivity contribution in [2.24, 2.45) is 5.92 Å². The van der Waals surface area contributed by atoms with Crippen molar-refractivity contribution >= 4 is 12.1 Å². The van der Waals surface area contributed by atoms with E-state index in [4.69, 9.17) is 9.47 Å². The summed E-state index contributed by atoms with van der Waals surface area (Å²) >= 11 is 0. The molecule has 0 bridgehead atoms. The van der Waals surface area contributed by atoms with Crippen LogP contribution in [0.3, 0.4) is 0 Å². The van der Waals surface area contributed by atoms with Crippen LogP contribution in [0.1, 0.15) is 38.3 Å². The fraction of sp³-hybridized carbons (Fsp3) is 0.579. The number of nitrogens with zero attached hydrogens (tertiary/aromatic N) is 1. The van der Waals surface area contributed by atoms with Gasteiger partial charge in [0.25, 0.3) is 0 Å². The number of carbonyl (C=O) groups is 2. The summed E-state index contributed by atoms with van der Waals surface area (Å²) in [4.78, 5) is 25.3. The number of benzene rings is 1. The normalized spacial score (nSPS) is 22.4. The van der Waals surface area contributed by atoms with Crippen molar-refractivity contribution in [2.75, 3.05) is 13.2 Å². The highest BCUT2D eigenvalue weighted by Crippen LogP contribution is 2.33. The maximum atomic E-state index is 12.4. The number of ether oxygens (including phenoxy) is 2. The van der Waals surface area contributed by atoms with Crippen LogP contribution in [-0.2, 0) is 22.4 Å². The summed E-state index contributed by atoms with van der Waals surface area (Å²) in [7, 11) is 0. The van der Waals surface area contributed by atoms with Crippen molar-refractivity contribution in [3.63, 3.8) is 0 Å². The molecule has 1 saturated heterocycles. The predicted molar refractivity (Wildman–Crippen MR) is 91.8 cm³/mol. The molecule has 1 N–H and O–H groups in total. The van der Waals surface area contributed by atoms with E-state index in [1.54, 1.807) is 20.8 Å². The fourth-order valence-electron chi connectivity index (χ4n) is 3.62. The Morgan fingerprint density at radius 3 is 2.80 bits per heavy atom. The molecule has 1 aromatic rings. The minimum absolute atomic E-state index is 0.0979. The van der Waals surface area contributed by atoms with Crippen molar-refractivity contribution in [2.45, 2.75) is 51.7 Å². The number of carboxylic acids is 1. The molecular formula is C19H25NO5. The number of amides is 1. The molecule has 3 rings (SSSR count). The van der Waals surface area contributed by atoms with Crippen LogP contribution in [0.15, 0.2) is 18.2 Å². The number of rotatable bonds is 3. The van der Waals surface area contributed by atoms with Crippen LogP contribution in [0.25, 0.3) is 0 Å². The molecule has 2 aliphatic rings. The summed E-state index contributed by atoms with van der Waals surface area (Å²) in [6.45, 7) is 6.43. The molecule has 0 aromatic heterocycles. The van der Waals surface area contributed by atoms with E-state index in [0.717, 1.165) is 18.6 Å². The molecule has 6 heteroatoms. The lowest BCUT2D eigenvalue weighted by Gasteiger charge is -2.26. The van der Waals surface area contributed by atoms with Gasteiger partial charge in [-0.3, -0.25) is 4.90 Å². The Morgan fingerprint density at radius 1 is 1.36 bits per heavy atom. The van der Waals surface area contributed by atoms with E-state index < -0.39 is 23.7 Å². The highest BCUT2D eigenvalue weighted by molar-refractivity contribution is 5.81. The molecule has 2 heterocycles. The zero-order valence-electron chi connectivity index (χ0n) is 14.9. The molecule has 1 fully saturated rings. The van der Waals surface area contributed by atoms with Gasteiger partial charge in [0.2, 0.25) is 0 Å². The standard InChI is InChI=1S/C19H25NO5/c1-19(2,3)25-18(23)20-11-12(10-15(20)17(21)22)9-13-5-4-6-16-14(13)7-8-24-16/h4-6,12,15H,7-11H2,1-3H3,(H,21,22)/t12?,15-/m0/s1. The van der Waals surface area contributed by atoms with Crippen molar-refractivity contribution in [3.05, 3.63) is 29.3 Å². The number of carbonyl (C=O) groups excluding carboxylic acids is 1. The average molecular weight is 347 g/mol. The van der Waals surface area contributed by atoms with Crippen molar-refractivity contribution in [3.8, 4) is 5.75 Å². The number of aliphatic carboxylic acids is 1. The van der Waals surface area contributed by atoms with E-state index in [1.165, 1.54) is 16.0 Å². The average Bonchev–Trinajstić information content (AvgIpc) is 3.12. The molecule has 2 atom stereocenters. The number of carboxylic acid groups (broad SMARTS) is 1. The van der Waals surface area contributed by atoms with E-state index in [2.05, 4.69) is 6.07 Å². The SMILES string of the molecule is CC(C)(C)OC(=O)N1CC(Cc2cccc3c2CCO3)C[C@H]1C(=O)O. The third kappa shape index (κ3) is 3.89. The molecule has 1 unspecified atom stereocenters. The molecule has 0 aliphatic carbocycles. The number of fused-ring (bicyclic) bond motifs is 1. The van der Waals surface area contributed by atoms with Crippen LogP contribution < -0.4 is 4.74 Å². The third-order valence-corrected chi connectivity index (χ3v) is 4.65. The van der Waals surface area contributed by atoms with Gasteiger partial charge in [-0.25, -0.2) is 9.59 Å². The molecule has 0 radical (unpaired) electrons. The molecule has 136 valence electrons. The summed E-state index contributed by atoms with van der Waals surface area (Å²) < 4.78 is 11.0. The van der Waals surface area contributed by atoms with Crippen LogP contribution in [0.5, 0.6) is 5.75 Å². The summed E-state index contributed by atoms with van der Waals surface area (Å²) in [5, 5.41) is 9.50. The molecule has 2 aliphatic heterocycles. The second-order valence-electron chi connectivity index (χ2n) is 7.78. The lowest BCUT2D eigenvalue weighted by molar-refractivity contribution is -0.142. The Bertz CT molecular complexity index is 679. The predicted octanol–water partition coefficient (Wildman–Crippen LogP) is 2.87. The number of hydrogen-bond donors (Lipinski definition) is 1. The quantitative estimate of drug-likeness (QED) is 0.910. The molecule has 25 heavy (non-hydrogen) atoms. The Labute approximate surface area is 147 Å². The van der Waals surface area contributed by atoms with E-state index >= 15 is 0 Å². The first-order valence-electron chi connectivity index (χ1n) is 8.70. The lowest BCUT2D eigenvalue weighted by atomic mass is 9.93. The van der Waals surface area contributed by atoms with Gasteiger partial charge in [-0.2, -0.15) is 0 Å². The second-order valence-corrected chi connectivity index (χ2v) is 7.78. The molecular weight excluding hydrogens is 322 g/mol. The minimum Gasteiger partial charge on any atom is -0.493 e. The lowest BCUT2D eigenvalue weighted by Crippen LogP contribution is -2.43. The minimum atomic E-state index is -0.977. The summed E-state index contributed by atoms with van der Waals surface area (Å²) in [6, 6.07) is 5.18. The first kappa shape index (κ1) is 17.6. The first-order chi connectivity index (χ1) is 11.7. The van der Waals surface area contributed by atoms with Gasteiger partial charge in [-0.1, -0.05) is 12.1 Å². The molecule has 0 saturated carbocycles. The Morgan fingerprint density at radius 2 is 2.12 bits per heavy atom. The molecule has 1 aromatic carbocycles. The highest BCUT2D eigenvalue weighted by atomic mass is 16.6. The van der Waals surface area contributed by atoms with Crippen molar-refractivity contribution in [1.29, 1.82) is 0 Å². The third-order valence-electron chi connectivity index (χ3n) is 4.65. The molecule has 1 amide bonds. The van der Waals surface area contributed by atoms with Gasteiger partial charge in [0.1, 0.15) is 17.4 Å². The Kier molecular flexibility index (Phi) is 4.62. The van der Waals surface area contributed by atoms with Crippen molar-refractivity contribution in [1.82, 2.24) is 4.90 Å². The van der Waals surface area contributed by atoms with Gasteiger partial charge in [0, 0.05) is 18.5 Å². The summed E-state index contributed by atoms with van der Waals surface area (Å²) in [5.41, 5.74) is 1.76. The Balaban J connectivity index is 1.73. The van der Waals surface area contributed by atoms with Crippen LogP contribution in [0.2, 0.25) is 0 Å². The van der Waals surface area contributed by atoms with Gasteiger partial charge in [0.15, 0.2) is 0 Å². The maximum absolute atomic E-state index is 12.4. The topological polar surface area (TPSA) is 76.1 Å². The van der Waals surface area contributed by atoms with Crippen molar-refractivity contribution < 1.29 is 24.2 Å². The fourth-order valence-corrected chi connectivity index (χ4v) is 3.62. The van der Waals surface area contributed by atoms with Gasteiger partial charge >= 0.3 is 12.1 Å². The Hall–Kier alpha value is -2.24. The zero-order chi connectivity index (χ0) is 18.2. The van der Waals surface area contributed by atoms with E-state index in [0.29, 0.717) is 19.6 Å². The van der Waals surface area contributed by atoms with Gasteiger partial charge in [-0.05, 0) is 51.2 Å². The zero-order valence-corrected chi connectivity index (χ0v) is 14.9.